The topological polar surface area (TPSA) is 112 Å². The number of para-hydroxylation sites is 1. The van der Waals surface area contributed by atoms with Crippen molar-refractivity contribution < 1.29 is 22.7 Å². The van der Waals surface area contributed by atoms with Gasteiger partial charge in [0.15, 0.2) is 0 Å². The highest BCUT2D eigenvalue weighted by molar-refractivity contribution is 7.92. The van der Waals surface area contributed by atoms with Crippen LogP contribution in [0.5, 0.6) is 5.75 Å². The third-order valence-corrected chi connectivity index (χ3v) is 8.16. The first-order valence-corrected chi connectivity index (χ1v) is 16.3. The SMILES string of the molecule is CCN1C(=O)C(C)(C)C(=O)N(C)c2cc(OCCCN(CCc3cccnc3)Cc3ccccc3NS(C)(=O)=O)ccc21. The summed E-state index contributed by atoms with van der Waals surface area (Å²) in [6, 6.07) is 16.9. The number of rotatable bonds is 13. The van der Waals surface area contributed by atoms with Crippen LogP contribution in [-0.2, 0) is 32.6 Å². The number of anilines is 3. The number of pyridine rings is 1. The van der Waals surface area contributed by atoms with Crippen molar-refractivity contribution in [3.63, 3.8) is 0 Å². The van der Waals surface area contributed by atoms with Crippen molar-refractivity contribution in [1.29, 1.82) is 0 Å². The largest absolute Gasteiger partial charge is 0.493 e. The van der Waals surface area contributed by atoms with Crippen molar-refractivity contribution in [1.82, 2.24) is 9.88 Å². The van der Waals surface area contributed by atoms with Gasteiger partial charge >= 0.3 is 0 Å². The van der Waals surface area contributed by atoms with Crippen molar-refractivity contribution in [2.24, 2.45) is 5.41 Å². The summed E-state index contributed by atoms with van der Waals surface area (Å²) < 4.78 is 32.6. The average Bonchev–Trinajstić information content (AvgIpc) is 3.02. The number of carbonyl (C=O) groups excluding carboxylic acids is 2. The molecule has 3 aromatic rings. The number of benzene rings is 2. The number of ether oxygens (including phenoxy) is 1. The van der Waals surface area contributed by atoms with Crippen LogP contribution in [0, 0.1) is 5.41 Å². The van der Waals surface area contributed by atoms with E-state index in [1.807, 2.05) is 61.7 Å². The standard InChI is InChI=1S/C32H41N5O5S/c1-6-37-28-15-14-26(21-29(28)35(4)30(38)32(2,3)31(37)39)42-20-10-18-36(19-16-24-11-9-17-33-22-24)23-25-12-7-8-13-27(25)34-43(5,40)41/h7-9,11-15,17,21-22,34H,6,10,16,18-20,23H2,1-5H3. The Kier molecular flexibility index (Phi) is 10.1. The van der Waals surface area contributed by atoms with Gasteiger partial charge in [0.25, 0.3) is 0 Å². The summed E-state index contributed by atoms with van der Waals surface area (Å²) in [5, 5.41) is 0. The molecule has 1 aliphatic heterocycles. The molecule has 0 spiro atoms. The Morgan fingerprint density at radius 2 is 1.77 bits per heavy atom. The first-order chi connectivity index (χ1) is 20.4. The van der Waals surface area contributed by atoms with Gasteiger partial charge in [-0.3, -0.25) is 24.2 Å². The molecule has 0 atom stereocenters. The summed E-state index contributed by atoms with van der Waals surface area (Å²) in [7, 11) is -1.73. The van der Waals surface area contributed by atoms with Crippen LogP contribution in [0.1, 0.15) is 38.3 Å². The number of sulfonamides is 1. The van der Waals surface area contributed by atoms with Gasteiger partial charge in [0, 0.05) is 51.7 Å². The summed E-state index contributed by atoms with van der Waals surface area (Å²) >= 11 is 0. The molecule has 0 aliphatic carbocycles. The molecule has 0 fully saturated rings. The number of hydrogen-bond donors (Lipinski definition) is 1. The van der Waals surface area contributed by atoms with Crippen LogP contribution in [0.25, 0.3) is 0 Å². The summed E-state index contributed by atoms with van der Waals surface area (Å²) in [4.78, 5) is 36.0. The van der Waals surface area contributed by atoms with Crippen LogP contribution in [-0.4, -0.2) is 69.7 Å². The minimum atomic E-state index is -3.42. The van der Waals surface area contributed by atoms with E-state index in [2.05, 4.69) is 14.6 Å². The summed E-state index contributed by atoms with van der Waals surface area (Å²) in [6.07, 6.45) is 6.27. The van der Waals surface area contributed by atoms with Crippen molar-refractivity contribution >= 4 is 38.9 Å². The number of amides is 2. The zero-order valence-electron chi connectivity index (χ0n) is 25.5. The van der Waals surface area contributed by atoms with E-state index in [0.29, 0.717) is 55.5 Å². The number of nitrogens with zero attached hydrogens (tertiary/aromatic N) is 4. The third kappa shape index (κ3) is 7.91. The Morgan fingerprint density at radius 1 is 1.00 bits per heavy atom. The molecule has 2 aromatic carbocycles. The minimum absolute atomic E-state index is 0.223. The maximum absolute atomic E-state index is 13.2. The van der Waals surface area contributed by atoms with Crippen LogP contribution in [0.4, 0.5) is 17.1 Å². The molecule has 0 radical (unpaired) electrons. The molecule has 2 heterocycles. The molecule has 1 N–H and O–H groups in total. The molecular formula is C32H41N5O5S. The molecule has 0 saturated carbocycles. The Labute approximate surface area is 254 Å². The maximum Gasteiger partial charge on any atom is 0.242 e. The lowest BCUT2D eigenvalue weighted by molar-refractivity contribution is -0.137. The van der Waals surface area contributed by atoms with Crippen molar-refractivity contribution in [2.75, 3.05) is 54.1 Å². The number of hydrogen-bond acceptors (Lipinski definition) is 7. The van der Waals surface area contributed by atoms with Gasteiger partial charge in [-0.25, -0.2) is 8.42 Å². The molecule has 43 heavy (non-hydrogen) atoms. The maximum atomic E-state index is 13.2. The Balaban J connectivity index is 1.45. The van der Waals surface area contributed by atoms with Gasteiger partial charge < -0.3 is 14.5 Å². The van der Waals surface area contributed by atoms with E-state index in [-0.39, 0.29) is 11.8 Å². The molecule has 4 rings (SSSR count). The van der Waals surface area contributed by atoms with Crippen molar-refractivity contribution in [3.05, 3.63) is 78.1 Å². The predicted octanol–water partition coefficient (Wildman–Crippen LogP) is 4.32. The lowest BCUT2D eigenvalue weighted by Gasteiger charge is -2.27. The van der Waals surface area contributed by atoms with Gasteiger partial charge in [0.2, 0.25) is 21.8 Å². The van der Waals surface area contributed by atoms with Crippen LogP contribution >= 0.6 is 0 Å². The number of fused-ring (bicyclic) bond motifs is 1. The second-order valence-electron chi connectivity index (χ2n) is 11.3. The number of aromatic nitrogens is 1. The van der Waals surface area contributed by atoms with E-state index in [1.165, 1.54) is 4.90 Å². The molecule has 2 amide bonds. The monoisotopic (exact) mass is 607 g/mol. The van der Waals surface area contributed by atoms with Gasteiger partial charge in [0.05, 0.1) is 29.9 Å². The van der Waals surface area contributed by atoms with Gasteiger partial charge in [0.1, 0.15) is 11.2 Å². The highest BCUT2D eigenvalue weighted by Crippen LogP contribution is 2.40. The average molecular weight is 608 g/mol. The minimum Gasteiger partial charge on any atom is -0.493 e. The zero-order valence-corrected chi connectivity index (χ0v) is 26.4. The van der Waals surface area contributed by atoms with Crippen LogP contribution in [0.15, 0.2) is 67.0 Å². The van der Waals surface area contributed by atoms with Crippen LogP contribution in [0.3, 0.4) is 0 Å². The molecule has 1 aromatic heterocycles. The fourth-order valence-corrected chi connectivity index (χ4v) is 5.85. The highest BCUT2D eigenvalue weighted by Gasteiger charge is 2.45. The first-order valence-electron chi connectivity index (χ1n) is 14.4. The quantitative estimate of drug-likeness (QED) is 0.228. The molecule has 10 nitrogen and oxygen atoms in total. The predicted molar refractivity (Wildman–Crippen MR) is 170 cm³/mol. The molecule has 0 unspecified atom stereocenters. The fourth-order valence-electron chi connectivity index (χ4n) is 5.25. The smallest absolute Gasteiger partial charge is 0.242 e. The second kappa shape index (κ2) is 13.6. The molecule has 1 aliphatic rings. The molecule has 11 heteroatoms. The van der Waals surface area contributed by atoms with E-state index >= 15 is 0 Å². The highest BCUT2D eigenvalue weighted by atomic mass is 32.2. The normalized spacial score (nSPS) is 14.9. The fraction of sp³-hybridized carbons (Fsp3) is 0.406. The van der Waals surface area contributed by atoms with Gasteiger partial charge in [-0.2, -0.15) is 0 Å². The van der Waals surface area contributed by atoms with Gasteiger partial charge in [-0.05, 0) is 69.0 Å². The molecule has 230 valence electrons. The van der Waals surface area contributed by atoms with E-state index in [0.717, 1.165) is 30.3 Å². The lowest BCUT2D eigenvalue weighted by Crippen LogP contribution is -2.47. The summed E-state index contributed by atoms with van der Waals surface area (Å²) in [6.45, 7) is 8.13. The Bertz CT molecular complexity index is 1540. The lowest BCUT2D eigenvalue weighted by atomic mass is 9.90. The van der Waals surface area contributed by atoms with Gasteiger partial charge in [-0.15, -0.1) is 0 Å². The van der Waals surface area contributed by atoms with Gasteiger partial charge in [-0.1, -0.05) is 24.3 Å². The number of carbonyl (C=O) groups is 2. The van der Waals surface area contributed by atoms with E-state index in [9.17, 15) is 18.0 Å². The molecule has 0 saturated heterocycles. The Hall–Kier alpha value is -3.96. The summed E-state index contributed by atoms with van der Waals surface area (Å²) in [5.74, 6) is 0.131. The summed E-state index contributed by atoms with van der Waals surface area (Å²) in [5.41, 5.74) is 2.73. The van der Waals surface area contributed by atoms with Crippen molar-refractivity contribution in [2.45, 2.75) is 40.2 Å². The van der Waals surface area contributed by atoms with Crippen LogP contribution in [0.2, 0.25) is 0 Å². The molecular weight excluding hydrogens is 566 g/mol. The molecule has 0 bridgehead atoms. The van der Waals surface area contributed by atoms with E-state index in [4.69, 9.17) is 4.74 Å². The first kappa shape index (κ1) is 32.0. The van der Waals surface area contributed by atoms with Crippen molar-refractivity contribution in [3.8, 4) is 5.75 Å². The van der Waals surface area contributed by atoms with E-state index in [1.54, 1.807) is 38.1 Å². The zero-order chi connectivity index (χ0) is 31.2. The number of nitrogens with one attached hydrogen (secondary N) is 1. The third-order valence-electron chi connectivity index (χ3n) is 7.57. The Morgan fingerprint density at radius 3 is 2.47 bits per heavy atom. The van der Waals surface area contributed by atoms with Crippen LogP contribution < -0.4 is 19.3 Å². The second-order valence-corrected chi connectivity index (χ2v) is 13.1. The van der Waals surface area contributed by atoms with E-state index < -0.39 is 15.4 Å².